The quantitative estimate of drug-likeness (QED) is 0.583. The second-order valence-electron chi connectivity index (χ2n) is 8.33. The van der Waals surface area contributed by atoms with E-state index in [1.165, 1.54) is 0 Å². The molecule has 2 aliphatic heterocycles. The van der Waals surface area contributed by atoms with Crippen LogP contribution in [0.1, 0.15) is 56.3 Å². The molecule has 0 aromatic heterocycles. The monoisotopic (exact) mass is 464 g/mol. The fourth-order valence-electron chi connectivity index (χ4n) is 4.43. The molecule has 2 saturated heterocycles. The van der Waals surface area contributed by atoms with Gasteiger partial charge in [-0.1, -0.05) is 87.0 Å². The van der Waals surface area contributed by atoms with Crippen LogP contribution < -0.4 is 5.43 Å². The van der Waals surface area contributed by atoms with E-state index in [1.807, 2.05) is 83.0 Å². The molecule has 2 amide bonds. The Morgan fingerprint density at radius 3 is 2.18 bits per heavy atom. The van der Waals surface area contributed by atoms with E-state index in [4.69, 9.17) is 9.47 Å². The number of cyclic esters (lactones) is 2. The minimum absolute atomic E-state index is 0.186. The number of nitrogens with one attached hydrogen (secondary N) is 1. The largest absolute Gasteiger partial charge is 0.447 e. The molecular formula is C26H32N4O4. The van der Waals surface area contributed by atoms with Crippen LogP contribution in [0.5, 0.6) is 0 Å². The first-order valence-corrected chi connectivity index (χ1v) is 11.9. The molecule has 2 fully saturated rings. The number of carbonyl (C=O) groups excluding carboxylic acids is 2. The van der Waals surface area contributed by atoms with Gasteiger partial charge in [-0.3, -0.25) is 10.4 Å². The van der Waals surface area contributed by atoms with Gasteiger partial charge in [0.25, 0.3) is 0 Å². The van der Waals surface area contributed by atoms with Crippen molar-refractivity contribution in [1.29, 1.82) is 0 Å². The van der Waals surface area contributed by atoms with Crippen molar-refractivity contribution >= 4 is 12.2 Å². The molecule has 2 aliphatic rings. The lowest BCUT2D eigenvalue weighted by Gasteiger charge is -2.51. The van der Waals surface area contributed by atoms with E-state index in [9.17, 15) is 9.59 Å². The molecule has 2 aromatic carbocycles. The molecule has 1 N–H and O–H groups in total. The molecule has 2 aromatic rings. The normalized spacial score (nSPS) is 22.3. The van der Waals surface area contributed by atoms with E-state index in [-0.39, 0.29) is 25.3 Å². The van der Waals surface area contributed by atoms with Gasteiger partial charge in [0.15, 0.2) is 0 Å². The van der Waals surface area contributed by atoms with Gasteiger partial charge < -0.3 is 9.47 Å². The summed E-state index contributed by atoms with van der Waals surface area (Å²) in [5.41, 5.74) is 4.90. The molecule has 3 atom stereocenters. The lowest BCUT2D eigenvalue weighted by Crippen LogP contribution is -2.66. The Balaban J connectivity index is 1.75. The third-order valence-electron chi connectivity index (χ3n) is 6.06. The van der Waals surface area contributed by atoms with Gasteiger partial charge >= 0.3 is 12.2 Å². The molecule has 8 heteroatoms. The third kappa shape index (κ3) is 5.02. The average molecular weight is 465 g/mol. The maximum Gasteiger partial charge on any atom is 0.430 e. The Bertz CT molecular complexity index is 985. The maximum absolute atomic E-state index is 13.3. The Labute approximate surface area is 200 Å². The summed E-state index contributed by atoms with van der Waals surface area (Å²) in [4.78, 5) is 25.6. The van der Waals surface area contributed by atoms with Crippen LogP contribution in [0.3, 0.4) is 0 Å². The van der Waals surface area contributed by atoms with Gasteiger partial charge in [-0.2, -0.15) is 10.0 Å². The van der Waals surface area contributed by atoms with Gasteiger partial charge in [0, 0.05) is 6.20 Å². The van der Waals surface area contributed by atoms with Crippen LogP contribution in [-0.2, 0) is 9.47 Å². The summed E-state index contributed by atoms with van der Waals surface area (Å²) in [7, 11) is 0. The third-order valence-corrected chi connectivity index (χ3v) is 6.06. The van der Waals surface area contributed by atoms with Crippen molar-refractivity contribution in [2.45, 2.75) is 51.4 Å². The van der Waals surface area contributed by atoms with Crippen LogP contribution in [0, 0.1) is 0 Å². The summed E-state index contributed by atoms with van der Waals surface area (Å²) in [5, 5.41) is 5.43. The molecular weight excluding hydrogens is 432 g/mol. The fourth-order valence-corrected chi connectivity index (χ4v) is 4.43. The second-order valence-corrected chi connectivity index (χ2v) is 8.33. The topological polar surface area (TPSA) is 74.4 Å². The van der Waals surface area contributed by atoms with Crippen molar-refractivity contribution in [1.82, 2.24) is 20.5 Å². The molecule has 0 bridgehead atoms. The van der Waals surface area contributed by atoms with E-state index in [1.54, 1.807) is 5.01 Å². The lowest BCUT2D eigenvalue weighted by molar-refractivity contribution is -0.162. The van der Waals surface area contributed by atoms with Crippen LogP contribution in [0.4, 0.5) is 9.59 Å². The van der Waals surface area contributed by atoms with Crippen molar-refractivity contribution in [3.05, 3.63) is 84.1 Å². The molecule has 2 heterocycles. The number of hydrogen-bond donors (Lipinski definition) is 1. The number of rotatable bonds is 8. The van der Waals surface area contributed by atoms with Crippen molar-refractivity contribution < 1.29 is 19.1 Å². The predicted molar refractivity (Wildman–Crippen MR) is 128 cm³/mol. The maximum atomic E-state index is 13.3. The molecule has 4 rings (SSSR count). The second kappa shape index (κ2) is 11.1. The number of allylic oxidation sites excluding steroid dienone is 1. The Morgan fingerprint density at radius 2 is 1.56 bits per heavy atom. The van der Waals surface area contributed by atoms with Gasteiger partial charge in [-0.15, -0.1) is 0 Å². The van der Waals surface area contributed by atoms with Gasteiger partial charge in [0.05, 0.1) is 6.04 Å². The van der Waals surface area contributed by atoms with Crippen molar-refractivity contribution in [3.8, 4) is 0 Å². The van der Waals surface area contributed by atoms with Crippen LogP contribution >= 0.6 is 0 Å². The van der Waals surface area contributed by atoms with Crippen molar-refractivity contribution in [2.24, 2.45) is 0 Å². The van der Waals surface area contributed by atoms with E-state index in [0.717, 1.165) is 24.0 Å². The number of amides is 2. The smallest absolute Gasteiger partial charge is 0.430 e. The minimum Gasteiger partial charge on any atom is -0.447 e. The average Bonchev–Trinajstić information content (AvgIpc) is 2.87. The lowest BCUT2D eigenvalue weighted by atomic mass is 10.0. The summed E-state index contributed by atoms with van der Waals surface area (Å²) in [5.74, 6) is 0. The van der Waals surface area contributed by atoms with Crippen LogP contribution in [-0.4, -0.2) is 46.6 Å². The van der Waals surface area contributed by atoms with E-state index < -0.39 is 18.4 Å². The number of ether oxygens (including phenoxy) is 2. The number of benzene rings is 2. The first-order chi connectivity index (χ1) is 16.6. The Morgan fingerprint density at radius 1 is 0.941 bits per heavy atom. The SMILES string of the molecule is CC/C=C\N1[C@@H](c2ccccc2)COC(=O)N1C(CCC)N1NC(=O)OC[C@H]1c1ccccc1. The van der Waals surface area contributed by atoms with Gasteiger partial charge in [-0.25, -0.2) is 9.59 Å². The van der Waals surface area contributed by atoms with Crippen LogP contribution in [0.2, 0.25) is 0 Å². The number of hydrazine groups is 2. The first kappa shape index (κ1) is 23.6. The zero-order valence-corrected chi connectivity index (χ0v) is 19.7. The van der Waals surface area contributed by atoms with Crippen molar-refractivity contribution in [2.75, 3.05) is 13.2 Å². The summed E-state index contributed by atoms with van der Waals surface area (Å²) in [6.45, 7) is 4.54. The van der Waals surface area contributed by atoms with E-state index >= 15 is 0 Å². The highest BCUT2D eigenvalue weighted by molar-refractivity contribution is 5.69. The van der Waals surface area contributed by atoms with Gasteiger partial charge in [0.1, 0.15) is 25.4 Å². The predicted octanol–water partition coefficient (Wildman–Crippen LogP) is 5.14. The highest BCUT2D eigenvalue weighted by Crippen LogP contribution is 2.34. The molecule has 1 unspecified atom stereocenters. The molecule has 8 nitrogen and oxygen atoms in total. The van der Waals surface area contributed by atoms with Gasteiger partial charge in [0.2, 0.25) is 0 Å². The minimum atomic E-state index is -0.533. The standard InChI is InChI=1S/C26H32N4O4/c1-3-5-17-28-22(20-13-8-6-9-14-20)18-34-26(32)30(28)24(12-4-2)29-23(19-33-25(31)27-29)21-15-10-7-11-16-21/h5-11,13-17,22-24H,3-4,12,18-19H2,1-2H3,(H,27,31)/b17-5-/t22-,23+,24?/m1/s1. The molecule has 0 aliphatic carbocycles. The fraction of sp³-hybridized carbons (Fsp3) is 0.385. The first-order valence-electron chi connectivity index (χ1n) is 11.9. The number of carbonyl (C=O) groups is 2. The Hall–Kier alpha value is -3.52. The summed E-state index contributed by atoms with van der Waals surface area (Å²) in [6, 6.07) is 19.4. The molecule has 34 heavy (non-hydrogen) atoms. The number of nitrogens with zero attached hydrogens (tertiary/aromatic N) is 3. The van der Waals surface area contributed by atoms with Crippen LogP contribution in [0.15, 0.2) is 72.9 Å². The van der Waals surface area contributed by atoms with Crippen LogP contribution in [0.25, 0.3) is 0 Å². The molecule has 0 radical (unpaired) electrons. The van der Waals surface area contributed by atoms with Crippen molar-refractivity contribution in [3.63, 3.8) is 0 Å². The zero-order valence-electron chi connectivity index (χ0n) is 19.7. The summed E-state index contributed by atoms with van der Waals surface area (Å²) >= 11 is 0. The summed E-state index contributed by atoms with van der Waals surface area (Å²) < 4.78 is 11.0. The highest BCUT2D eigenvalue weighted by atomic mass is 16.6. The highest BCUT2D eigenvalue weighted by Gasteiger charge is 2.44. The van der Waals surface area contributed by atoms with E-state index in [0.29, 0.717) is 6.42 Å². The molecule has 180 valence electrons. The zero-order chi connectivity index (χ0) is 23.9. The van der Waals surface area contributed by atoms with Gasteiger partial charge in [-0.05, 0) is 24.0 Å². The summed E-state index contributed by atoms with van der Waals surface area (Å²) in [6.07, 6.45) is 4.75. The Kier molecular flexibility index (Phi) is 7.69. The number of hydrogen-bond acceptors (Lipinski definition) is 6. The molecule has 0 saturated carbocycles. The molecule has 0 spiro atoms. The van der Waals surface area contributed by atoms with E-state index in [2.05, 4.69) is 19.3 Å².